The summed E-state index contributed by atoms with van der Waals surface area (Å²) in [5, 5.41) is 14.5. The maximum Gasteiger partial charge on any atom is 0.317 e. The van der Waals surface area contributed by atoms with Gasteiger partial charge in [0.15, 0.2) is 0 Å². The average Bonchev–Trinajstić information content (AvgIpc) is 3.35. The molecule has 0 unspecified atom stereocenters. The molecule has 15 heteroatoms. The van der Waals surface area contributed by atoms with Gasteiger partial charge in [-0.1, -0.05) is 135 Å². The van der Waals surface area contributed by atoms with E-state index in [1.54, 1.807) is 7.05 Å². The summed E-state index contributed by atoms with van der Waals surface area (Å²) in [5.74, 6) is 7.75. The predicted molar refractivity (Wildman–Crippen MR) is 354 cm³/mol. The van der Waals surface area contributed by atoms with Gasteiger partial charge in [-0.25, -0.2) is 24.0 Å². The van der Waals surface area contributed by atoms with Crippen LogP contribution in [0.3, 0.4) is 0 Å². The van der Waals surface area contributed by atoms with Crippen LogP contribution in [-0.4, -0.2) is 152 Å². The van der Waals surface area contributed by atoms with Gasteiger partial charge in [-0.15, -0.1) is 0 Å². The molecule has 5 N–H and O–H groups in total. The molecule has 15 nitrogen and oxygen atoms in total. The highest BCUT2D eigenvalue weighted by atomic mass is 16.2. The zero-order chi connectivity index (χ0) is 57.2. The van der Waals surface area contributed by atoms with Gasteiger partial charge < -0.3 is 51.1 Å². The molecule has 0 bridgehead atoms. The molecular formula is C66H144N10O5. The van der Waals surface area contributed by atoms with Crippen LogP contribution in [0.15, 0.2) is 0 Å². The van der Waals surface area contributed by atoms with Crippen molar-refractivity contribution in [2.75, 3.05) is 85.6 Å². The molecule has 5 heterocycles. The summed E-state index contributed by atoms with van der Waals surface area (Å²) in [6, 6.07) is 0.723. The molecule has 0 saturated carbocycles. The lowest BCUT2D eigenvalue weighted by molar-refractivity contribution is 0.150. The Balaban J connectivity index is -0.000000214. The highest BCUT2D eigenvalue weighted by Crippen LogP contribution is 2.28. The first-order valence-corrected chi connectivity index (χ1v) is 30.0. The zero-order valence-corrected chi connectivity index (χ0v) is 52.2. The molecule has 0 aromatic carbocycles. The molecule has 5 aliphatic heterocycles. The van der Waals surface area contributed by atoms with Gasteiger partial charge in [0.25, 0.3) is 0 Å². The Hall–Kier alpha value is -3.65. The van der Waals surface area contributed by atoms with E-state index in [0.29, 0.717) is 0 Å². The third-order valence-corrected chi connectivity index (χ3v) is 16.1. The van der Waals surface area contributed by atoms with Crippen molar-refractivity contribution < 1.29 is 24.0 Å². The Bertz CT molecular complexity index is 1590. The fraction of sp³-hybridized carbons (Fsp3) is 0.924. The van der Waals surface area contributed by atoms with Crippen LogP contribution in [-0.2, 0) is 0 Å². The van der Waals surface area contributed by atoms with E-state index in [9.17, 15) is 24.0 Å². The molecule has 0 aromatic rings. The molecule has 488 valence electrons. The number of rotatable bonds is 8. The average molecular weight is 1160 g/mol. The van der Waals surface area contributed by atoms with Crippen LogP contribution >= 0.6 is 0 Å². The van der Waals surface area contributed by atoms with Crippen LogP contribution in [0.4, 0.5) is 24.0 Å². The van der Waals surface area contributed by atoms with Crippen LogP contribution in [0.25, 0.3) is 0 Å². The second-order valence-corrected chi connectivity index (χ2v) is 26.7. The second-order valence-electron chi connectivity index (χ2n) is 26.7. The number of hydrogen-bond acceptors (Lipinski definition) is 5. The predicted octanol–water partition coefficient (Wildman–Crippen LogP) is 16.0. The van der Waals surface area contributed by atoms with Crippen LogP contribution in [0.2, 0.25) is 0 Å². The standard InChI is InChI=1S/C14H28N2O.C13H26N2O.C12H24N2O.C11H22N2O.C10H20N2O.6CH4/c1-11(2)12-6-8-16(9-7-12)13(17)15-10-14(3,4)5;1-10(2)11-6-8-15(9-7-11)12(16)14-13(3,4)5;1-9(2)11-5-7-14(8-6-11)12(15)13-10(3)4;1-4-12-11(14)13-7-5-10(6-8-13)9(2)3;1-8(2)9-4-6-12(7-5-9)10(13)11-3;;;;;;/h11-12H,6-10H2,1-5H3,(H,15,17);10-11H,6-9H2,1-5H3,(H,14,16);9-11H,5-8H2,1-4H3,(H,13,15);9-10H,4-8H2,1-3H3,(H,12,14);8-9H,4-7H2,1-3H3,(H,11,13);6*1H4. The maximum absolute atomic E-state index is 11.9. The maximum atomic E-state index is 11.9. The number of hydrogen-bond donors (Lipinski definition) is 5. The van der Waals surface area contributed by atoms with Crippen LogP contribution in [0.5, 0.6) is 0 Å². The third kappa shape index (κ3) is 37.3. The molecule has 0 atom stereocenters. The minimum absolute atomic E-state index is 0. The van der Waals surface area contributed by atoms with Crippen LogP contribution in [0, 0.1) is 64.6 Å². The highest BCUT2D eigenvalue weighted by molar-refractivity contribution is 5.76. The molecule has 0 aliphatic carbocycles. The molecule has 5 rings (SSSR count). The Morgan fingerprint density at radius 2 is 0.617 bits per heavy atom. The van der Waals surface area contributed by atoms with Crippen molar-refractivity contribution >= 4 is 30.2 Å². The van der Waals surface area contributed by atoms with E-state index < -0.39 is 0 Å². The number of likely N-dealkylation sites (tertiary alicyclic amines) is 5. The molecule has 0 spiro atoms. The number of urea groups is 5. The van der Waals surface area contributed by atoms with Crippen molar-refractivity contribution in [2.24, 2.45) is 64.6 Å². The first-order chi connectivity index (χ1) is 34.9. The van der Waals surface area contributed by atoms with Crippen molar-refractivity contribution in [1.82, 2.24) is 51.1 Å². The van der Waals surface area contributed by atoms with Crippen molar-refractivity contribution in [2.45, 2.75) is 252 Å². The first-order valence-electron chi connectivity index (χ1n) is 30.0. The highest BCUT2D eigenvalue weighted by Gasteiger charge is 2.29. The number of piperidine rings is 5. The molecule has 5 fully saturated rings. The molecular weight excluding hydrogens is 1010 g/mol. The van der Waals surface area contributed by atoms with Gasteiger partial charge in [-0.2, -0.15) is 0 Å². The van der Waals surface area contributed by atoms with Gasteiger partial charge in [-0.05, 0) is 170 Å². The quantitative estimate of drug-likeness (QED) is 0.163. The van der Waals surface area contributed by atoms with Crippen molar-refractivity contribution in [3.05, 3.63) is 0 Å². The van der Waals surface area contributed by atoms with Crippen LogP contribution in [0.1, 0.15) is 240 Å². The number of nitrogens with zero attached hydrogens (tertiary/aromatic N) is 5. The fourth-order valence-corrected chi connectivity index (χ4v) is 10.5. The summed E-state index contributed by atoms with van der Waals surface area (Å²) in [6.45, 7) is 51.8. The van der Waals surface area contributed by atoms with E-state index in [1.165, 1.54) is 0 Å². The Labute approximate surface area is 505 Å². The molecule has 5 saturated heterocycles. The zero-order valence-electron chi connectivity index (χ0n) is 52.2. The Morgan fingerprint density at radius 3 is 0.827 bits per heavy atom. The first kappa shape index (κ1) is 88.6. The lowest BCUT2D eigenvalue weighted by Crippen LogP contribution is -2.51. The minimum Gasteiger partial charge on any atom is -0.341 e. The lowest BCUT2D eigenvalue weighted by atomic mass is 9.87. The molecule has 10 amide bonds. The van der Waals surface area contributed by atoms with E-state index in [4.69, 9.17) is 0 Å². The largest absolute Gasteiger partial charge is 0.341 e. The number of carbonyl (C=O) groups is 5. The minimum atomic E-state index is -0.133. The fourth-order valence-electron chi connectivity index (χ4n) is 10.5. The molecule has 0 radical (unpaired) electrons. The van der Waals surface area contributed by atoms with Gasteiger partial charge in [0, 0.05) is 97.2 Å². The van der Waals surface area contributed by atoms with Gasteiger partial charge in [0.2, 0.25) is 0 Å². The van der Waals surface area contributed by atoms with Crippen molar-refractivity contribution in [3.63, 3.8) is 0 Å². The van der Waals surface area contributed by atoms with Gasteiger partial charge >= 0.3 is 30.2 Å². The van der Waals surface area contributed by atoms with Gasteiger partial charge in [0.05, 0.1) is 0 Å². The lowest BCUT2D eigenvalue weighted by Gasteiger charge is -2.35. The van der Waals surface area contributed by atoms with Crippen molar-refractivity contribution in [3.8, 4) is 0 Å². The summed E-state index contributed by atoms with van der Waals surface area (Å²) >= 11 is 0. The van der Waals surface area contributed by atoms with E-state index in [0.717, 1.165) is 202 Å². The normalized spacial score (nSPS) is 17.4. The van der Waals surface area contributed by atoms with E-state index in [-0.39, 0.29) is 91.7 Å². The van der Waals surface area contributed by atoms with E-state index in [2.05, 4.69) is 117 Å². The molecule has 0 aromatic heterocycles. The summed E-state index contributed by atoms with van der Waals surface area (Å²) in [7, 11) is 1.69. The summed E-state index contributed by atoms with van der Waals surface area (Å²) in [6.07, 6.45) is 11.6. The Kier molecular flexibility index (Phi) is 49.0. The topological polar surface area (TPSA) is 162 Å². The summed E-state index contributed by atoms with van der Waals surface area (Å²) in [5.41, 5.74) is 0.0257. The van der Waals surface area contributed by atoms with Gasteiger partial charge in [0.1, 0.15) is 0 Å². The molecule has 5 aliphatic rings. The monoisotopic (exact) mass is 1160 g/mol. The SMILES string of the molecule is C.C.C.C.C.C.CC(C)C1CCN(C(=O)NC(C)(C)C)CC1.CC(C)C1CCN(C(=O)NCC(C)(C)C)CC1.CC(C)NC(=O)N1CCC(C(C)C)CC1.CCNC(=O)N1CCC(C(C)C)CC1.CNC(=O)N1CCC(C(C)C)CC1. The molecule has 81 heavy (non-hydrogen) atoms. The van der Waals surface area contributed by atoms with Gasteiger partial charge in [-0.3, -0.25) is 0 Å². The van der Waals surface area contributed by atoms with Crippen LogP contribution < -0.4 is 26.6 Å². The second kappa shape index (κ2) is 44.8. The van der Waals surface area contributed by atoms with E-state index >= 15 is 0 Å². The third-order valence-electron chi connectivity index (χ3n) is 16.1. The van der Waals surface area contributed by atoms with Crippen molar-refractivity contribution in [1.29, 1.82) is 0 Å². The number of amides is 10. The summed E-state index contributed by atoms with van der Waals surface area (Å²) in [4.78, 5) is 68.0. The Morgan fingerprint density at radius 1 is 0.383 bits per heavy atom. The number of nitrogens with one attached hydrogen (secondary N) is 5. The summed E-state index contributed by atoms with van der Waals surface area (Å²) < 4.78 is 0. The smallest absolute Gasteiger partial charge is 0.317 e. The van der Waals surface area contributed by atoms with E-state index in [1.807, 2.05) is 66.0 Å². The number of carbonyl (C=O) groups excluding carboxylic acids is 5.